The summed E-state index contributed by atoms with van der Waals surface area (Å²) in [6, 6.07) is 0. The Bertz CT molecular complexity index is 98.6. The predicted molar refractivity (Wildman–Crippen MR) is 54.8 cm³/mol. The molecule has 0 radical (unpaired) electrons. The maximum absolute atomic E-state index is 4.54. The molecule has 0 aromatic rings. The van der Waals surface area contributed by atoms with Gasteiger partial charge in [0.15, 0.2) is 0 Å². The van der Waals surface area contributed by atoms with Crippen LogP contribution in [-0.2, 0) is 3.17 Å². The lowest BCUT2D eigenvalue weighted by Crippen LogP contribution is -2.02. The van der Waals surface area contributed by atoms with Gasteiger partial charge in [-0.15, -0.1) is 0 Å². The Morgan fingerprint density at radius 3 is 2.89 bits per heavy atom. The summed E-state index contributed by atoms with van der Waals surface area (Å²) in [5.74, 6) is 1.57. The highest BCUT2D eigenvalue weighted by molar-refractivity contribution is 14.1. The van der Waals surface area contributed by atoms with E-state index in [9.17, 15) is 0 Å². The van der Waals surface area contributed by atoms with E-state index >= 15 is 0 Å². The lowest BCUT2D eigenvalue weighted by atomic mass is 10.5. The molecule has 0 amide bonds. The normalized spacial score (nSPS) is 11.7. The van der Waals surface area contributed by atoms with Gasteiger partial charge in [0.05, 0.1) is 5.71 Å². The Balaban J connectivity index is 3.53. The van der Waals surface area contributed by atoms with Crippen LogP contribution >= 0.6 is 47.4 Å². The first kappa shape index (κ1) is 9.90. The molecule has 0 N–H and O–H groups in total. The van der Waals surface area contributed by atoms with Gasteiger partial charge in [-0.25, -0.2) is 0 Å². The van der Waals surface area contributed by atoms with E-state index in [0.29, 0.717) is 5.75 Å². The molecule has 0 aliphatic rings. The number of hydrogen-bond donors (Lipinski definition) is 1. The van der Waals surface area contributed by atoms with Gasteiger partial charge in [-0.3, -0.25) is 0 Å². The molecule has 0 unspecified atom stereocenters. The van der Waals surface area contributed by atoms with Gasteiger partial charge in [0, 0.05) is 11.5 Å². The minimum Gasteiger partial charge on any atom is -0.327 e. The Labute approximate surface area is 78.9 Å². The van der Waals surface area contributed by atoms with Crippen LogP contribution in [0.25, 0.3) is 0 Å². The molecular weight excluding hydrogens is 269 g/mol. The fourth-order valence-electron chi connectivity index (χ4n) is 0.316. The minimum atomic E-state index is 0.670. The summed E-state index contributed by atoms with van der Waals surface area (Å²) in [6.07, 6.45) is 2.02. The predicted octanol–water partition coefficient (Wildman–Crippen LogP) is 2.00. The van der Waals surface area contributed by atoms with Gasteiger partial charge in [-0.05, 0) is 6.26 Å². The van der Waals surface area contributed by atoms with Crippen molar-refractivity contribution in [2.24, 2.45) is 5.16 Å². The first-order chi connectivity index (χ1) is 4.35. The average Bonchev–Trinajstić information content (AvgIpc) is 1.88. The van der Waals surface area contributed by atoms with Crippen LogP contribution in [0.5, 0.6) is 0 Å². The van der Waals surface area contributed by atoms with Crippen LogP contribution in [0.3, 0.4) is 0 Å². The Morgan fingerprint density at radius 1 is 1.89 bits per heavy atom. The van der Waals surface area contributed by atoms with Crippen molar-refractivity contribution in [3.05, 3.63) is 0 Å². The third-order valence-electron chi connectivity index (χ3n) is 0.657. The summed E-state index contributed by atoms with van der Waals surface area (Å²) >= 11 is 7.50. The topological polar surface area (TPSA) is 21.6 Å². The fraction of sp³-hybridized carbons (Fsp3) is 0.750. The first-order valence-electron chi connectivity index (χ1n) is 2.28. The highest BCUT2D eigenvalue weighted by Gasteiger charge is 1.93. The van der Waals surface area contributed by atoms with Crippen molar-refractivity contribution in [2.45, 2.75) is 0 Å². The number of rotatable bonds is 4. The molecule has 0 atom stereocenters. The molecule has 0 fully saturated rings. The van der Waals surface area contributed by atoms with Gasteiger partial charge in [0.2, 0.25) is 23.0 Å². The van der Waals surface area contributed by atoms with E-state index in [1.165, 1.54) is 0 Å². The molecule has 0 aliphatic carbocycles. The fourth-order valence-corrected chi connectivity index (χ4v) is 1.40. The van der Waals surface area contributed by atoms with Crippen LogP contribution in [0.2, 0.25) is 0 Å². The molecule has 0 rings (SSSR count). The van der Waals surface area contributed by atoms with Crippen LogP contribution in [0, 0.1) is 0 Å². The van der Waals surface area contributed by atoms with Gasteiger partial charge in [0.25, 0.3) is 0 Å². The van der Waals surface area contributed by atoms with Crippen LogP contribution in [0.4, 0.5) is 0 Å². The van der Waals surface area contributed by atoms with Gasteiger partial charge < -0.3 is 3.17 Å². The number of thioether (sulfide) groups is 1. The molecule has 0 bridgehead atoms. The zero-order chi connectivity index (χ0) is 7.11. The summed E-state index contributed by atoms with van der Waals surface area (Å²) in [4.78, 5) is 0. The quantitative estimate of drug-likeness (QED) is 0.367. The number of hydrogen-bond acceptors (Lipinski definition) is 4. The van der Waals surface area contributed by atoms with Crippen molar-refractivity contribution < 1.29 is 3.17 Å². The molecule has 0 aromatic heterocycles. The zero-order valence-electron chi connectivity index (χ0n) is 5.00. The molecule has 9 heavy (non-hydrogen) atoms. The second-order valence-electron chi connectivity index (χ2n) is 1.32. The number of nitrogens with zero attached hydrogens (tertiary/aromatic N) is 1. The lowest BCUT2D eigenvalue weighted by Gasteiger charge is -1.95. The molecule has 0 saturated heterocycles. The summed E-state index contributed by atoms with van der Waals surface area (Å²) in [5, 5.41) is 3.74. The van der Waals surface area contributed by atoms with E-state index in [1.54, 1.807) is 34.8 Å². The van der Waals surface area contributed by atoms with E-state index in [-0.39, 0.29) is 0 Å². The first-order valence-corrected chi connectivity index (χ1v) is 5.19. The van der Waals surface area contributed by atoms with Gasteiger partial charge in [-0.1, -0.05) is 5.16 Å². The van der Waals surface area contributed by atoms with Crippen LogP contribution < -0.4 is 0 Å². The SMILES string of the molecule is CSC/C(CS)=N\OI. The highest BCUT2D eigenvalue weighted by atomic mass is 127. The van der Waals surface area contributed by atoms with E-state index in [4.69, 9.17) is 0 Å². The molecule has 0 aromatic carbocycles. The number of thiol groups is 1. The van der Waals surface area contributed by atoms with Crippen molar-refractivity contribution in [3.63, 3.8) is 0 Å². The van der Waals surface area contributed by atoms with Crippen molar-refractivity contribution in [2.75, 3.05) is 17.8 Å². The third kappa shape index (κ3) is 5.35. The molecular formula is C4H8INOS2. The second-order valence-corrected chi connectivity index (χ2v) is 2.89. The smallest absolute Gasteiger partial charge is 0.230 e. The third-order valence-corrected chi connectivity index (χ3v) is 1.84. The minimum absolute atomic E-state index is 0.670. The summed E-state index contributed by atoms with van der Waals surface area (Å²) in [6.45, 7) is 0. The summed E-state index contributed by atoms with van der Waals surface area (Å²) in [5.41, 5.74) is 0.972. The molecule has 0 saturated carbocycles. The van der Waals surface area contributed by atoms with Crippen molar-refractivity contribution in [1.29, 1.82) is 0 Å². The highest BCUT2D eigenvalue weighted by Crippen LogP contribution is 1.98. The van der Waals surface area contributed by atoms with Crippen molar-refractivity contribution in [3.8, 4) is 0 Å². The van der Waals surface area contributed by atoms with Gasteiger partial charge in [-0.2, -0.15) is 24.4 Å². The summed E-state index contributed by atoms with van der Waals surface area (Å²) < 4.78 is 4.54. The van der Waals surface area contributed by atoms with E-state index in [1.807, 2.05) is 6.26 Å². The molecule has 0 spiro atoms. The maximum Gasteiger partial charge on any atom is 0.230 e. The molecule has 5 heteroatoms. The standard InChI is InChI=1S/C4H8INOS2/c1-9-3-4(2-8)6-7-5/h8H,2-3H2,1H3/b6-4-. The number of oxime groups is 1. The monoisotopic (exact) mass is 277 g/mol. The number of halogens is 1. The molecule has 0 aliphatic heterocycles. The largest absolute Gasteiger partial charge is 0.327 e. The zero-order valence-corrected chi connectivity index (χ0v) is 8.87. The molecule has 54 valence electrons. The van der Waals surface area contributed by atoms with Gasteiger partial charge in [0.1, 0.15) is 0 Å². The van der Waals surface area contributed by atoms with Crippen LogP contribution in [-0.4, -0.2) is 23.5 Å². The molecule has 0 heterocycles. The van der Waals surface area contributed by atoms with Gasteiger partial charge >= 0.3 is 0 Å². The Hall–Kier alpha value is 0.900. The van der Waals surface area contributed by atoms with Crippen LogP contribution in [0.15, 0.2) is 5.16 Å². The molecule has 2 nitrogen and oxygen atoms in total. The van der Waals surface area contributed by atoms with E-state index < -0.39 is 0 Å². The second kappa shape index (κ2) is 7.01. The summed E-state index contributed by atoms with van der Waals surface area (Å²) in [7, 11) is 0. The van der Waals surface area contributed by atoms with E-state index in [2.05, 4.69) is 21.0 Å². The lowest BCUT2D eigenvalue weighted by molar-refractivity contribution is 0.464. The average molecular weight is 277 g/mol. The van der Waals surface area contributed by atoms with Crippen molar-refractivity contribution >= 4 is 53.1 Å². The Kier molecular flexibility index (Phi) is 7.71. The van der Waals surface area contributed by atoms with E-state index in [0.717, 1.165) is 11.5 Å². The maximum atomic E-state index is 4.54. The Morgan fingerprint density at radius 2 is 2.56 bits per heavy atom. The van der Waals surface area contributed by atoms with Crippen LogP contribution in [0.1, 0.15) is 0 Å². The van der Waals surface area contributed by atoms with Crippen molar-refractivity contribution in [1.82, 2.24) is 0 Å².